The highest BCUT2D eigenvalue weighted by Gasteiger charge is 2.57. The summed E-state index contributed by atoms with van der Waals surface area (Å²) in [6.07, 6.45) is 4.75. The first-order valence-corrected chi connectivity index (χ1v) is 13.4. The van der Waals surface area contributed by atoms with Crippen LogP contribution in [-0.2, 0) is 19.0 Å². The average Bonchev–Trinajstić information content (AvgIpc) is 3.17. The Bertz CT molecular complexity index is 1240. The number of benzene rings is 2. The van der Waals surface area contributed by atoms with Gasteiger partial charge >= 0.3 is 7.12 Å². The monoisotopic (exact) mass is 515 g/mol. The number of allylic oxidation sites excluding steroid dienone is 1. The van der Waals surface area contributed by atoms with E-state index in [1.54, 1.807) is 31.4 Å². The van der Waals surface area contributed by atoms with Gasteiger partial charge in [-0.2, -0.15) is 0 Å². The van der Waals surface area contributed by atoms with Crippen LogP contribution in [0.5, 0.6) is 5.75 Å². The molecule has 0 aromatic heterocycles. The van der Waals surface area contributed by atoms with E-state index >= 15 is 0 Å². The Kier molecular flexibility index (Phi) is 7.84. The van der Waals surface area contributed by atoms with Gasteiger partial charge in [0.1, 0.15) is 5.75 Å². The van der Waals surface area contributed by atoms with Gasteiger partial charge in [-0.1, -0.05) is 48.9 Å². The van der Waals surface area contributed by atoms with Gasteiger partial charge in [-0.25, -0.2) is 0 Å². The second-order valence-corrected chi connectivity index (χ2v) is 10.4. The van der Waals surface area contributed by atoms with Crippen molar-refractivity contribution < 1.29 is 29.1 Å². The molecule has 38 heavy (non-hydrogen) atoms. The molecule has 3 aliphatic rings. The molecule has 0 unspecified atom stereocenters. The Morgan fingerprint density at radius 3 is 2.53 bits per heavy atom. The summed E-state index contributed by atoms with van der Waals surface area (Å²) >= 11 is 0. The van der Waals surface area contributed by atoms with Gasteiger partial charge in [0.25, 0.3) is 0 Å². The Balaban J connectivity index is 1.43. The number of nitrogens with zero attached hydrogens (tertiary/aromatic N) is 1. The van der Waals surface area contributed by atoms with Crippen molar-refractivity contribution in [3.05, 3.63) is 76.9 Å². The molecule has 2 aromatic rings. The first-order chi connectivity index (χ1) is 18.4. The van der Waals surface area contributed by atoms with E-state index in [1.165, 1.54) is 10.5 Å². The average molecular weight is 515 g/mol. The number of rotatable bonds is 8. The van der Waals surface area contributed by atoms with Gasteiger partial charge in [0, 0.05) is 7.11 Å². The molecule has 0 bridgehead atoms. The highest BCUT2D eigenvalue weighted by atomic mass is 16.5. The number of fused-ring (bicyclic) bond motifs is 3. The number of para-hydroxylation sites is 1. The Morgan fingerprint density at radius 1 is 1.11 bits per heavy atom. The first kappa shape index (κ1) is 26.4. The minimum Gasteiger partial charge on any atom is -0.508 e. The number of anilines is 1. The third-order valence-electron chi connectivity index (χ3n) is 8.09. The van der Waals surface area contributed by atoms with E-state index in [0.29, 0.717) is 25.1 Å². The zero-order chi connectivity index (χ0) is 26.8. The number of ether oxygens (including phenoxy) is 1. The van der Waals surface area contributed by atoms with Gasteiger partial charge in [0.2, 0.25) is 11.8 Å². The molecule has 7 nitrogen and oxygen atoms in total. The lowest BCUT2D eigenvalue weighted by molar-refractivity contribution is -0.122. The van der Waals surface area contributed by atoms with Gasteiger partial charge in [-0.05, 0) is 78.9 Å². The zero-order valence-corrected chi connectivity index (χ0v) is 21.9. The summed E-state index contributed by atoms with van der Waals surface area (Å²) in [6.45, 7) is 2.47. The third kappa shape index (κ3) is 5.08. The van der Waals surface area contributed by atoms with Gasteiger partial charge in [-0.15, -0.1) is 0 Å². The van der Waals surface area contributed by atoms with E-state index < -0.39 is 19.0 Å². The number of aromatic hydroxyl groups is 1. The van der Waals surface area contributed by atoms with Crippen LogP contribution < -0.4 is 4.90 Å². The van der Waals surface area contributed by atoms with Crippen LogP contribution in [-0.4, -0.2) is 48.9 Å². The van der Waals surface area contributed by atoms with Crippen LogP contribution >= 0.6 is 0 Å². The van der Waals surface area contributed by atoms with E-state index in [2.05, 4.69) is 13.0 Å². The molecule has 198 valence electrons. The molecule has 0 spiro atoms. The van der Waals surface area contributed by atoms with E-state index in [9.17, 15) is 19.7 Å². The summed E-state index contributed by atoms with van der Waals surface area (Å²) in [5.41, 5.74) is 4.85. The lowest BCUT2D eigenvalue weighted by atomic mass is 9.58. The molecule has 8 heteroatoms. The highest BCUT2D eigenvalue weighted by Crippen LogP contribution is 2.51. The van der Waals surface area contributed by atoms with Crippen molar-refractivity contribution in [3.8, 4) is 5.75 Å². The van der Waals surface area contributed by atoms with Crippen LogP contribution in [0.4, 0.5) is 5.69 Å². The zero-order valence-electron chi connectivity index (χ0n) is 21.9. The topological polar surface area (TPSA) is 96.3 Å². The predicted molar refractivity (Wildman–Crippen MR) is 146 cm³/mol. The maximum absolute atomic E-state index is 13.7. The number of hydrogen-bond acceptors (Lipinski definition) is 6. The smallest absolute Gasteiger partial charge is 0.455 e. The number of imide groups is 1. The fourth-order valence-electron chi connectivity index (χ4n) is 6.38. The highest BCUT2D eigenvalue weighted by molar-refractivity contribution is 6.43. The molecule has 4 atom stereocenters. The van der Waals surface area contributed by atoms with Crippen LogP contribution in [0.25, 0.3) is 6.08 Å². The SMILES string of the molecule is CC/C(=C\c1ccc(O)cc1)CC[C@H]1OB(O)C[C@H]2C1=C(COC)C[C@H]1C(=O)N(c3ccccc3)C(=O)[C@H]12. The summed E-state index contributed by atoms with van der Waals surface area (Å²) in [5.74, 6) is -1.40. The standard InChI is InChI=1S/C30H34BNO6/c1-3-19(15-20-9-12-23(33)13-10-20)11-14-26-27-21(18-37-2)16-24-28(25(27)17-31(36)38-26)30(35)32(29(24)34)22-7-5-4-6-8-22/h4-10,12-13,15,24-26,28,33,36H,3,11,14,16-18H2,1-2H3/b19-15+/t24-,25+,26-,28-/m1/s1. The quantitative estimate of drug-likeness (QED) is 0.303. The number of carbonyl (C=O) groups excluding carboxylic acids is 2. The van der Waals surface area contributed by atoms with Crippen LogP contribution in [0.3, 0.4) is 0 Å². The predicted octanol–water partition coefficient (Wildman–Crippen LogP) is 4.61. The van der Waals surface area contributed by atoms with Gasteiger partial charge in [0.05, 0.1) is 30.2 Å². The minimum absolute atomic E-state index is 0.179. The van der Waals surface area contributed by atoms with Crippen molar-refractivity contribution in [2.75, 3.05) is 18.6 Å². The van der Waals surface area contributed by atoms with Gasteiger partial charge in [0.15, 0.2) is 0 Å². The molecule has 2 N–H and O–H groups in total. The van der Waals surface area contributed by atoms with E-state index in [1.807, 2.05) is 30.3 Å². The largest absolute Gasteiger partial charge is 0.508 e. The second kappa shape index (κ2) is 11.3. The summed E-state index contributed by atoms with van der Waals surface area (Å²) in [5, 5.41) is 20.3. The van der Waals surface area contributed by atoms with Crippen molar-refractivity contribution in [2.24, 2.45) is 17.8 Å². The Hall–Kier alpha value is -3.20. The van der Waals surface area contributed by atoms with Crippen molar-refractivity contribution in [1.29, 1.82) is 0 Å². The molecule has 0 radical (unpaired) electrons. The van der Waals surface area contributed by atoms with Crippen molar-refractivity contribution in [1.82, 2.24) is 0 Å². The van der Waals surface area contributed by atoms with Crippen LogP contribution in [0, 0.1) is 17.8 Å². The molecule has 2 fully saturated rings. The van der Waals surface area contributed by atoms with E-state index in [0.717, 1.165) is 29.6 Å². The van der Waals surface area contributed by atoms with E-state index in [-0.39, 0.29) is 35.9 Å². The number of carbonyl (C=O) groups is 2. The Morgan fingerprint density at radius 2 is 1.84 bits per heavy atom. The van der Waals surface area contributed by atoms with Crippen LogP contribution in [0.15, 0.2) is 71.3 Å². The summed E-state index contributed by atoms with van der Waals surface area (Å²) in [4.78, 5) is 28.6. The number of hydrogen-bond donors (Lipinski definition) is 2. The molecule has 1 aliphatic carbocycles. The molecular weight excluding hydrogens is 481 g/mol. The molecule has 2 aromatic carbocycles. The maximum atomic E-state index is 13.7. The number of amides is 2. The minimum atomic E-state index is -1.00. The van der Waals surface area contributed by atoms with Gasteiger partial charge < -0.3 is 19.5 Å². The fraction of sp³-hybridized carbons (Fsp3) is 0.400. The van der Waals surface area contributed by atoms with Crippen molar-refractivity contribution >= 4 is 30.7 Å². The maximum Gasteiger partial charge on any atom is 0.455 e. The van der Waals surface area contributed by atoms with Crippen LogP contribution in [0.2, 0.25) is 6.32 Å². The third-order valence-corrected chi connectivity index (χ3v) is 8.09. The Labute approximate surface area is 223 Å². The normalized spacial score (nSPS) is 25.6. The number of methoxy groups -OCH3 is 1. The molecular formula is C30H34BNO6. The molecule has 2 saturated heterocycles. The second-order valence-electron chi connectivity index (χ2n) is 10.4. The first-order valence-electron chi connectivity index (χ1n) is 13.4. The summed E-state index contributed by atoms with van der Waals surface area (Å²) < 4.78 is 11.6. The molecule has 2 amide bonds. The molecule has 2 aliphatic heterocycles. The molecule has 0 saturated carbocycles. The molecule has 5 rings (SSSR count). The summed E-state index contributed by atoms with van der Waals surface area (Å²) in [7, 11) is 0.631. The lowest BCUT2D eigenvalue weighted by Crippen LogP contribution is -2.46. The van der Waals surface area contributed by atoms with E-state index in [4.69, 9.17) is 9.39 Å². The fourth-order valence-corrected chi connectivity index (χ4v) is 6.38. The van der Waals surface area contributed by atoms with Crippen molar-refractivity contribution in [2.45, 2.75) is 45.0 Å². The molecule has 2 heterocycles. The van der Waals surface area contributed by atoms with Crippen LogP contribution in [0.1, 0.15) is 38.2 Å². The summed E-state index contributed by atoms with van der Waals surface area (Å²) in [6, 6.07) is 16.2. The number of phenolic OH excluding ortho intramolecular Hbond substituents is 1. The lowest BCUT2D eigenvalue weighted by Gasteiger charge is -2.43. The van der Waals surface area contributed by atoms with Gasteiger partial charge in [-0.3, -0.25) is 14.5 Å². The van der Waals surface area contributed by atoms with Crippen molar-refractivity contribution in [3.63, 3.8) is 0 Å². The number of phenols is 1.